The number of esters is 1. The molecule has 17 heavy (non-hydrogen) atoms. The third-order valence-electron chi connectivity index (χ3n) is 2.77. The lowest BCUT2D eigenvalue weighted by atomic mass is 10.2. The van der Waals surface area contributed by atoms with Gasteiger partial charge in [0.2, 0.25) is 5.82 Å². The second-order valence-corrected chi connectivity index (χ2v) is 4.15. The van der Waals surface area contributed by atoms with Gasteiger partial charge in [-0.1, -0.05) is 0 Å². The number of nitrogens with zero attached hydrogens (tertiary/aromatic N) is 3. The van der Waals surface area contributed by atoms with Crippen LogP contribution >= 0.6 is 0 Å². The molecule has 6 nitrogen and oxygen atoms in total. The van der Waals surface area contributed by atoms with E-state index in [1.54, 1.807) is 12.3 Å². The SMILES string of the molecule is COC(=O)c1nccc(NC2CCN(C)C2)n1. The Morgan fingerprint density at radius 3 is 3.12 bits per heavy atom. The Hall–Kier alpha value is -1.69. The molecule has 1 fully saturated rings. The maximum Gasteiger partial charge on any atom is 0.376 e. The van der Waals surface area contributed by atoms with Gasteiger partial charge in [0.25, 0.3) is 0 Å². The van der Waals surface area contributed by atoms with Crippen LogP contribution in [0.15, 0.2) is 12.3 Å². The standard InChI is InChI=1S/C11H16N4O2/c1-15-6-4-8(7-15)13-9-3-5-12-10(14-9)11(16)17-2/h3,5,8H,4,6-7H2,1-2H3,(H,12,13,14). The van der Waals surface area contributed by atoms with E-state index in [4.69, 9.17) is 0 Å². The fourth-order valence-corrected chi connectivity index (χ4v) is 1.89. The number of rotatable bonds is 3. The van der Waals surface area contributed by atoms with Crippen LogP contribution in [0, 0.1) is 0 Å². The summed E-state index contributed by atoms with van der Waals surface area (Å²) in [7, 11) is 3.40. The Morgan fingerprint density at radius 2 is 2.47 bits per heavy atom. The summed E-state index contributed by atoms with van der Waals surface area (Å²) in [5, 5.41) is 3.29. The molecule has 92 valence electrons. The molecule has 0 amide bonds. The first-order valence-electron chi connectivity index (χ1n) is 5.55. The van der Waals surface area contributed by atoms with Crippen LogP contribution in [-0.2, 0) is 4.74 Å². The number of hydrogen-bond acceptors (Lipinski definition) is 6. The van der Waals surface area contributed by atoms with Crippen molar-refractivity contribution in [1.29, 1.82) is 0 Å². The smallest absolute Gasteiger partial charge is 0.376 e. The quantitative estimate of drug-likeness (QED) is 0.765. The lowest BCUT2D eigenvalue weighted by Crippen LogP contribution is -2.24. The summed E-state index contributed by atoms with van der Waals surface area (Å²) in [6.07, 6.45) is 2.63. The number of carbonyl (C=O) groups excluding carboxylic acids is 1. The minimum Gasteiger partial charge on any atom is -0.463 e. The van der Waals surface area contributed by atoms with Gasteiger partial charge < -0.3 is 15.0 Å². The maximum atomic E-state index is 11.3. The molecule has 1 saturated heterocycles. The lowest BCUT2D eigenvalue weighted by Gasteiger charge is -2.13. The molecule has 6 heteroatoms. The monoisotopic (exact) mass is 236 g/mol. The Bertz CT molecular complexity index is 410. The van der Waals surface area contributed by atoms with E-state index in [9.17, 15) is 4.79 Å². The van der Waals surface area contributed by atoms with E-state index >= 15 is 0 Å². The molecule has 1 aliphatic heterocycles. The second kappa shape index (κ2) is 5.09. The van der Waals surface area contributed by atoms with Gasteiger partial charge in [0.15, 0.2) is 0 Å². The number of hydrogen-bond donors (Lipinski definition) is 1. The highest BCUT2D eigenvalue weighted by Crippen LogP contribution is 2.12. The van der Waals surface area contributed by atoms with Crippen molar-refractivity contribution in [2.75, 3.05) is 32.6 Å². The van der Waals surface area contributed by atoms with E-state index in [0.717, 1.165) is 19.5 Å². The van der Waals surface area contributed by atoms with Crippen molar-refractivity contribution in [3.63, 3.8) is 0 Å². The zero-order chi connectivity index (χ0) is 12.3. The first-order valence-corrected chi connectivity index (χ1v) is 5.55. The number of ether oxygens (including phenoxy) is 1. The number of likely N-dealkylation sites (tertiary alicyclic amines) is 1. The summed E-state index contributed by atoms with van der Waals surface area (Å²) >= 11 is 0. The van der Waals surface area contributed by atoms with Crippen molar-refractivity contribution in [3.05, 3.63) is 18.1 Å². The fraction of sp³-hybridized carbons (Fsp3) is 0.545. The van der Waals surface area contributed by atoms with Crippen LogP contribution in [0.5, 0.6) is 0 Å². The minimum atomic E-state index is -0.516. The molecule has 0 aliphatic carbocycles. The summed E-state index contributed by atoms with van der Waals surface area (Å²) in [4.78, 5) is 21.5. The lowest BCUT2D eigenvalue weighted by molar-refractivity contribution is 0.0587. The molecule has 2 heterocycles. The maximum absolute atomic E-state index is 11.3. The van der Waals surface area contributed by atoms with Crippen molar-refractivity contribution in [2.45, 2.75) is 12.5 Å². The van der Waals surface area contributed by atoms with Gasteiger partial charge in [0.1, 0.15) is 5.82 Å². The molecule has 0 bridgehead atoms. The fourth-order valence-electron chi connectivity index (χ4n) is 1.89. The van der Waals surface area contributed by atoms with Gasteiger partial charge in [-0.15, -0.1) is 0 Å². The molecule has 1 aliphatic rings. The van der Waals surface area contributed by atoms with Crippen molar-refractivity contribution < 1.29 is 9.53 Å². The van der Waals surface area contributed by atoms with Crippen molar-refractivity contribution in [1.82, 2.24) is 14.9 Å². The van der Waals surface area contributed by atoms with E-state index in [0.29, 0.717) is 11.9 Å². The minimum absolute atomic E-state index is 0.0869. The van der Waals surface area contributed by atoms with Gasteiger partial charge in [0.05, 0.1) is 7.11 Å². The third-order valence-corrected chi connectivity index (χ3v) is 2.77. The molecule has 1 unspecified atom stereocenters. The predicted molar refractivity (Wildman–Crippen MR) is 62.9 cm³/mol. The number of methoxy groups -OCH3 is 1. The number of nitrogens with one attached hydrogen (secondary N) is 1. The Balaban J connectivity index is 2.03. The second-order valence-electron chi connectivity index (χ2n) is 4.15. The summed E-state index contributed by atoms with van der Waals surface area (Å²) in [6, 6.07) is 2.13. The molecule has 0 radical (unpaired) electrons. The van der Waals surface area contributed by atoms with Gasteiger partial charge in [-0.25, -0.2) is 14.8 Å². The third kappa shape index (κ3) is 2.91. The molecule has 2 rings (SSSR count). The zero-order valence-corrected chi connectivity index (χ0v) is 10.0. The topological polar surface area (TPSA) is 67.3 Å². The average Bonchev–Trinajstić information content (AvgIpc) is 2.74. The van der Waals surface area contributed by atoms with Gasteiger partial charge in [-0.05, 0) is 26.1 Å². The van der Waals surface area contributed by atoms with E-state index < -0.39 is 5.97 Å². The summed E-state index contributed by atoms with van der Waals surface area (Å²) < 4.78 is 4.58. The normalized spacial score (nSPS) is 20.2. The van der Waals surface area contributed by atoms with Gasteiger partial charge in [0, 0.05) is 18.8 Å². The molecule has 0 saturated carbocycles. The first kappa shape index (κ1) is 11.8. The largest absolute Gasteiger partial charge is 0.463 e. The number of aromatic nitrogens is 2. The number of anilines is 1. The number of likely N-dealkylation sites (N-methyl/N-ethyl adjacent to an activating group) is 1. The van der Waals surface area contributed by atoms with Crippen molar-refractivity contribution in [2.24, 2.45) is 0 Å². The molecule has 1 atom stereocenters. The van der Waals surface area contributed by atoms with Gasteiger partial charge in [-0.2, -0.15) is 0 Å². The summed E-state index contributed by atoms with van der Waals surface area (Å²) in [5.74, 6) is 0.238. The molecular weight excluding hydrogens is 220 g/mol. The Kier molecular flexibility index (Phi) is 3.53. The predicted octanol–water partition coefficient (Wildman–Crippen LogP) is 0.379. The van der Waals surface area contributed by atoms with E-state index in [1.807, 2.05) is 0 Å². The number of carbonyl (C=O) groups is 1. The highest BCUT2D eigenvalue weighted by Gasteiger charge is 2.20. The van der Waals surface area contributed by atoms with Crippen LogP contribution in [0.4, 0.5) is 5.82 Å². The summed E-state index contributed by atoms with van der Waals surface area (Å²) in [5.41, 5.74) is 0. The van der Waals surface area contributed by atoms with Crippen LogP contribution in [-0.4, -0.2) is 54.1 Å². The van der Waals surface area contributed by atoms with Crippen molar-refractivity contribution in [3.8, 4) is 0 Å². The van der Waals surface area contributed by atoms with Crippen LogP contribution < -0.4 is 5.32 Å². The van der Waals surface area contributed by atoms with E-state index in [-0.39, 0.29) is 5.82 Å². The summed E-state index contributed by atoms with van der Waals surface area (Å²) in [6.45, 7) is 2.06. The molecular formula is C11H16N4O2. The van der Waals surface area contributed by atoms with Gasteiger partial charge >= 0.3 is 5.97 Å². The molecule has 0 aromatic carbocycles. The van der Waals surface area contributed by atoms with E-state index in [1.165, 1.54) is 7.11 Å². The Morgan fingerprint density at radius 1 is 1.65 bits per heavy atom. The molecule has 0 spiro atoms. The van der Waals surface area contributed by atoms with Crippen LogP contribution in [0.25, 0.3) is 0 Å². The van der Waals surface area contributed by atoms with Crippen LogP contribution in [0.3, 0.4) is 0 Å². The molecule has 1 aromatic heterocycles. The highest BCUT2D eigenvalue weighted by atomic mass is 16.5. The molecule has 1 aromatic rings. The average molecular weight is 236 g/mol. The van der Waals surface area contributed by atoms with E-state index in [2.05, 4.69) is 32.0 Å². The van der Waals surface area contributed by atoms with Gasteiger partial charge in [-0.3, -0.25) is 0 Å². The van der Waals surface area contributed by atoms with Crippen molar-refractivity contribution >= 4 is 11.8 Å². The molecule has 1 N–H and O–H groups in total. The highest BCUT2D eigenvalue weighted by molar-refractivity contribution is 5.85. The van der Waals surface area contributed by atoms with Crippen LogP contribution in [0.2, 0.25) is 0 Å². The Labute approximate surface area is 100 Å². The first-order chi connectivity index (χ1) is 8.19. The van der Waals surface area contributed by atoms with Crippen LogP contribution in [0.1, 0.15) is 17.0 Å². The zero-order valence-electron chi connectivity index (χ0n) is 10.0.